The average molecular weight is 216 g/mol. The Bertz CT molecular complexity index is 230. The predicted octanol–water partition coefficient (Wildman–Crippen LogP) is -0.941. The van der Waals surface area contributed by atoms with Crippen molar-refractivity contribution in [1.29, 1.82) is 0 Å². The maximum absolute atomic E-state index is 10.8. The van der Waals surface area contributed by atoms with Crippen molar-refractivity contribution in [3.05, 3.63) is 12.3 Å². The number of carbonyl (C=O) groups excluding carboxylic acids is 2. The zero-order valence-corrected chi connectivity index (χ0v) is 8.84. The Kier molecular flexibility index (Phi) is 7.21. The summed E-state index contributed by atoms with van der Waals surface area (Å²) in [5, 5.41) is 11.4. The van der Waals surface area contributed by atoms with Gasteiger partial charge >= 0.3 is 0 Å². The number of rotatable bonds is 7. The second kappa shape index (κ2) is 7.95. The van der Waals surface area contributed by atoms with Crippen LogP contribution < -0.4 is 5.32 Å². The summed E-state index contributed by atoms with van der Waals surface area (Å²) in [6, 6.07) is 0. The molecule has 0 aromatic rings. The summed E-state index contributed by atoms with van der Waals surface area (Å²) in [5.41, 5.74) is 0. The van der Waals surface area contributed by atoms with Crippen LogP contribution in [0.25, 0.3) is 0 Å². The highest BCUT2D eigenvalue weighted by Crippen LogP contribution is 1.95. The van der Waals surface area contributed by atoms with Gasteiger partial charge in [-0.1, -0.05) is 0 Å². The van der Waals surface area contributed by atoms with Crippen molar-refractivity contribution in [3.8, 4) is 0 Å². The van der Waals surface area contributed by atoms with Crippen LogP contribution >= 0.6 is 0 Å². The van der Waals surface area contributed by atoms with Gasteiger partial charge in [0.25, 0.3) is 0 Å². The molecule has 6 heteroatoms. The van der Waals surface area contributed by atoms with Crippen LogP contribution in [-0.2, 0) is 14.3 Å². The molecule has 0 saturated heterocycles. The number of ether oxygens (including phenoxy) is 1. The van der Waals surface area contributed by atoms with Crippen molar-refractivity contribution >= 4 is 12.3 Å². The van der Waals surface area contributed by atoms with Gasteiger partial charge in [0.2, 0.25) is 12.3 Å². The molecule has 0 aliphatic carbocycles. The Hall–Kier alpha value is -1.40. The van der Waals surface area contributed by atoms with E-state index in [-0.39, 0.29) is 18.9 Å². The first-order valence-corrected chi connectivity index (χ1v) is 4.45. The molecule has 0 bridgehead atoms. The summed E-state index contributed by atoms with van der Waals surface area (Å²) in [6.07, 6.45) is 2.53. The lowest BCUT2D eigenvalue weighted by molar-refractivity contribution is -0.117. The van der Waals surface area contributed by atoms with Crippen molar-refractivity contribution in [2.24, 2.45) is 0 Å². The minimum absolute atomic E-state index is 0.284. The summed E-state index contributed by atoms with van der Waals surface area (Å²) in [5.74, 6) is -0.297. The number of nitrogens with one attached hydrogen (secondary N) is 1. The molecular weight excluding hydrogens is 200 g/mol. The highest BCUT2D eigenvalue weighted by molar-refractivity contribution is 5.87. The number of hydrogen-bond donors (Lipinski definition) is 2. The Morgan fingerprint density at radius 2 is 2.33 bits per heavy atom. The lowest BCUT2D eigenvalue weighted by Gasteiger charge is -2.14. The van der Waals surface area contributed by atoms with E-state index in [0.29, 0.717) is 6.41 Å². The van der Waals surface area contributed by atoms with E-state index in [2.05, 4.69) is 10.1 Å². The topological polar surface area (TPSA) is 78.9 Å². The molecule has 15 heavy (non-hydrogen) atoms. The smallest absolute Gasteiger partial charge is 0.245 e. The quantitative estimate of drug-likeness (QED) is 0.327. The molecular formula is C9H16N2O4. The summed E-state index contributed by atoms with van der Waals surface area (Å²) in [6.45, 7) is 0.284. The minimum Gasteiger partial charge on any atom is -0.368 e. The first-order valence-electron chi connectivity index (χ1n) is 4.45. The standard InChI is InChI=1S/C9H16N2O4/c1-10-8(13)3-5-11(7-12)6-4-9(14)15-2/h3,5,7,9,14H,4,6H2,1-2H3,(H,10,13)/b5-3-/t9-/m0/s1. The Labute approximate surface area is 88.5 Å². The summed E-state index contributed by atoms with van der Waals surface area (Å²) in [7, 11) is 2.86. The molecule has 0 fully saturated rings. The van der Waals surface area contributed by atoms with Crippen molar-refractivity contribution in [2.45, 2.75) is 12.7 Å². The van der Waals surface area contributed by atoms with Gasteiger partial charge in [-0.25, -0.2) is 0 Å². The molecule has 0 saturated carbocycles. The fourth-order valence-electron chi connectivity index (χ4n) is 0.787. The number of aliphatic hydroxyl groups excluding tert-OH is 1. The SMILES string of the molecule is CNC(=O)/C=C\N(C=O)CC[C@@H](O)OC. The molecule has 2 N–H and O–H groups in total. The molecule has 86 valence electrons. The van der Waals surface area contributed by atoms with Gasteiger partial charge in [0.15, 0.2) is 6.29 Å². The van der Waals surface area contributed by atoms with Crippen LogP contribution in [0.1, 0.15) is 6.42 Å². The zero-order valence-electron chi connectivity index (χ0n) is 8.84. The Morgan fingerprint density at radius 1 is 1.67 bits per heavy atom. The lowest BCUT2D eigenvalue weighted by Crippen LogP contribution is -2.23. The predicted molar refractivity (Wildman–Crippen MR) is 53.6 cm³/mol. The second-order valence-corrected chi connectivity index (χ2v) is 2.75. The van der Waals surface area contributed by atoms with Gasteiger partial charge in [-0.2, -0.15) is 0 Å². The number of hydrogen-bond acceptors (Lipinski definition) is 4. The third-order valence-corrected chi connectivity index (χ3v) is 1.71. The fourth-order valence-corrected chi connectivity index (χ4v) is 0.787. The molecule has 0 radical (unpaired) electrons. The van der Waals surface area contributed by atoms with Crippen molar-refractivity contribution in [3.63, 3.8) is 0 Å². The van der Waals surface area contributed by atoms with Crippen LogP contribution in [-0.4, -0.2) is 49.3 Å². The van der Waals surface area contributed by atoms with Gasteiger partial charge in [-0.3, -0.25) is 9.59 Å². The van der Waals surface area contributed by atoms with Gasteiger partial charge in [0.1, 0.15) is 0 Å². The zero-order chi connectivity index (χ0) is 11.7. The van der Waals surface area contributed by atoms with Gasteiger partial charge in [-0.05, 0) is 0 Å². The first kappa shape index (κ1) is 13.6. The monoisotopic (exact) mass is 216 g/mol. The van der Waals surface area contributed by atoms with E-state index in [4.69, 9.17) is 5.11 Å². The Morgan fingerprint density at radius 3 is 2.80 bits per heavy atom. The maximum atomic E-state index is 10.8. The molecule has 0 aliphatic rings. The highest BCUT2D eigenvalue weighted by atomic mass is 16.6. The molecule has 0 aromatic heterocycles. The van der Waals surface area contributed by atoms with E-state index < -0.39 is 6.29 Å². The number of carbonyl (C=O) groups is 2. The van der Waals surface area contributed by atoms with Crippen LogP contribution in [0.2, 0.25) is 0 Å². The molecule has 0 aromatic carbocycles. The third-order valence-electron chi connectivity index (χ3n) is 1.71. The maximum Gasteiger partial charge on any atom is 0.245 e. The summed E-state index contributed by atoms with van der Waals surface area (Å²) in [4.78, 5) is 22.6. The van der Waals surface area contributed by atoms with Crippen LogP contribution in [0, 0.1) is 0 Å². The van der Waals surface area contributed by atoms with Crippen LogP contribution in [0.3, 0.4) is 0 Å². The molecule has 0 heterocycles. The lowest BCUT2D eigenvalue weighted by atomic mass is 10.4. The van der Waals surface area contributed by atoms with Crippen molar-refractivity contribution in [1.82, 2.24) is 10.2 Å². The van der Waals surface area contributed by atoms with Gasteiger partial charge in [0, 0.05) is 39.4 Å². The van der Waals surface area contributed by atoms with Crippen LogP contribution in [0.5, 0.6) is 0 Å². The van der Waals surface area contributed by atoms with E-state index >= 15 is 0 Å². The van der Waals surface area contributed by atoms with E-state index in [1.165, 1.54) is 31.3 Å². The van der Waals surface area contributed by atoms with E-state index in [1.54, 1.807) is 0 Å². The Balaban J connectivity index is 3.98. The van der Waals surface area contributed by atoms with E-state index in [1.807, 2.05) is 0 Å². The molecule has 0 rings (SSSR count). The molecule has 0 unspecified atom stereocenters. The fraction of sp³-hybridized carbons (Fsp3) is 0.556. The number of amides is 2. The van der Waals surface area contributed by atoms with Crippen LogP contribution in [0.4, 0.5) is 0 Å². The highest BCUT2D eigenvalue weighted by Gasteiger charge is 2.04. The largest absolute Gasteiger partial charge is 0.368 e. The molecule has 6 nitrogen and oxygen atoms in total. The molecule has 1 atom stereocenters. The van der Waals surface area contributed by atoms with Crippen molar-refractivity contribution in [2.75, 3.05) is 20.7 Å². The molecule has 0 aliphatic heterocycles. The van der Waals surface area contributed by atoms with E-state index in [0.717, 1.165) is 0 Å². The second-order valence-electron chi connectivity index (χ2n) is 2.75. The first-order chi connectivity index (χ1) is 7.13. The third kappa shape index (κ3) is 6.64. The van der Waals surface area contributed by atoms with Crippen LogP contribution in [0.15, 0.2) is 12.3 Å². The van der Waals surface area contributed by atoms with Gasteiger partial charge < -0.3 is 20.1 Å². The van der Waals surface area contributed by atoms with E-state index in [9.17, 15) is 9.59 Å². The number of aliphatic hydroxyl groups is 1. The molecule has 2 amide bonds. The number of methoxy groups -OCH3 is 1. The molecule has 0 spiro atoms. The van der Waals surface area contributed by atoms with Gasteiger partial charge in [-0.15, -0.1) is 0 Å². The summed E-state index contributed by atoms with van der Waals surface area (Å²) < 4.78 is 4.60. The minimum atomic E-state index is -0.902. The summed E-state index contributed by atoms with van der Waals surface area (Å²) >= 11 is 0. The number of nitrogens with zero attached hydrogens (tertiary/aromatic N) is 1. The number of likely N-dealkylation sites (N-methyl/N-ethyl adjacent to an activating group) is 1. The van der Waals surface area contributed by atoms with Gasteiger partial charge in [0.05, 0.1) is 0 Å². The van der Waals surface area contributed by atoms with Crippen molar-refractivity contribution < 1.29 is 19.4 Å². The average Bonchev–Trinajstić information content (AvgIpc) is 2.28. The normalized spacial score (nSPS) is 12.5.